The van der Waals surface area contributed by atoms with Gasteiger partial charge in [-0.05, 0) is 84.5 Å². The quantitative estimate of drug-likeness (QED) is 0.274. The molecule has 0 aliphatic carbocycles. The minimum atomic E-state index is -4.06. The largest absolute Gasteiger partial charge is 0.756 e. The van der Waals surface area contributed by atoms with Crippen molar-refractivity contribution in [1.29, 1.82) is 0 Å². The van der Waals surface area contributed by atoms with Gasteiger partial charge < -0.3 is 20.1 Å². The molecule has 0 bridgehead atoms. The van der Waals surface area contributed by atoms with Gasteiger partial charge in [0.15, 0.2) is 0 Å². The predicted molar refractivity (Wildman–Crippen MR) is 166 cm³/mol. The molecule has 10 nitrogen and oxygen atoms in total. The number of likely N-dealkylation sites (N-methyl/N-ethyl adjacent to an activating group) is 1. The second kappa shape index (κ2) is 12.8. The number of sulfonamides is 1. The standard InChI is InChI=1S/C31H31ClN5O5S/c1-34(2)15-18-37(40)31(39)29-21-35(43(41,42)28-10-8-25-19-27(32)9-7-26(25)20-28)16-17-36(29)30(38)24-5-3-22(4-6-24)23-11-13-33-14-12-23/h3-14,19-20,29H,15-18,21H2,1-2H3/q-1. The number of halogens is 1. The fourth-order valence-electron chi connectivity index (χ4n) is 5.02. The Morgan fingerprint density at radius 1 is 0.907 bits per heavy atom. The molecule has 3 aromatic carbocycles. The Hall–Kier alpha value is -3.87. The van der Waals surface area contributed by atoms with Crippen molar-refractivity contribution in [1.82, 2.24) is 24.2 Å². The number of nitrogens with zero attached hydrogens (tertiary/aromatic N) is 5. The molecule has 2 amide bonds. The van der Waals surface area contributed by atoms with E-state index in [1.165, 1.54) is 15.3 Å². The van der Waals surface area contributed by atoms with Crippen LogP contribution in [-0.4, -0.2) is 97.2 Å². The highest BCUT2D eigenvalue weighted by Gasteiger charge is 2.40. The third-order valence-electron chi connectivity index (χ3n) is 7.44. The second-order valence-corrected chi connectivity index (χ2v) is 13.0. The lowest BCUT2D eigenvalue weighted by molar-refractivity contribution is -0.135. The zero-order valence-corrected chi connectivity index (χ0v) is 25.3. The molecule has 1 saturated heterocycles. The lowest BCUT2D eigenvalue weighted by Crippen LogP contribution is -2.61. The third kappa shape index (κ3) is 6.71. The lowest BCUT2D eigenvalue weighted by Gasteiger charge is -2.43. The number of fused-ring (bicyclic) bond motifs is 1. The van der Waals surface area contributed by atoms with Crippen LogP contribution in [0.25, 0.3) is 21.9 Å². The first-order chi connectivity index (χ1) is 20.5. The first-order valence-electron chi connectivity index (χ1n) is 13.7. The maximum absolute atomic E-state index is 13.8. The normalized spacial score (nSPS) is 16.0. The SMILES string of the molecule is CN(C)CCN([O-])C(=O)C1CN(S(=O)(=O)c2ccc3cc(Cl)ccc3c2)CCN1C(=O)c1ccc(-c2ccncc2)cc1. The van der Waals surface area contributed by atoms with Crippen molar-refractivity contribution < 1.29 is 18.0 Å². The molecule has 43 heavy (non-hydrogen) atoms. The summed E-state index contributed by atoms with van der Waals surface area (Å²) in [4.78, 5) is 34.3. The Morgan fingerprint density at radius 2 is 1.56 bits per heavy atom. The van der Waals surface area contributed by atoms with Crippen molar-refractivity contribution >= 4 is 44.2 Å². The molecule has 0 saturated carbocycles. The molecule has 1 aromatic heterocycles. The first kappa shape index (κ1) is 30.6. The molecule has 1 aliphatic heterocycles. The molecule has 1 atom stereocenters. The Labute approximate surface area is 255 Å². The number of hydroxylamine groups is 2. The Kier molecular flexibility index (Phi) is 9.09. The highest BCUT2D eigenvalue weighted by atomic mass is 35.5. The molecule has 4 aromatic rings. The van der Waals surface area contributed by atoms with Crippen LogP contribution in [0.15, 0.2) is 90.1 Å². The minimum absolute atomic E-state index is 0.0395. The fourth-order valence-corrected chi connectivity index (χ4v) is 6.67. The van der Waals surface area contributed by atoms with Crippen LogP contribution < -0.4 is 0 Å². The number of hydrogen-bond acceptors (Lipinski definition) is 7. The third-order valence-corrected chi connectivity index (χ3v) is 9.54. The van der Waals surface area contributed by atoms with Crippen LogP contribution in [0, 0.1) is 5.21 Å². The van der Waals surface area contributed by atoms with Crippen molar-refractivity contribution in [2.75, 3.05) is 46.8 Å². The summed E-state index contributed by atoms with van der Waals surface area (Å²) in [5.74, 6) is -1.32. The molecule has 224 valence electrons. The van der Waals surface area contributed by atoms with E-state index in [0.29, 0.717) is 27.6 Å². The molecule has 0 N–H and O–H groups in total. The minimum Gasteiger partial charge on any atom is -0.756 e. The summed E-state index contributed by atoms with van der Waals surface area (Å²) in [6, 6.07) is 19.2. The number of piperazine rings is 1. The number of pyridine rings is 1. The summed E-state index contributed by atoms with van der Waals surface area (Å²) in [5.41, 5.74) is 2.14. The number of amides is 2. The summed E-state index contributed by atoms with van der Waals surface area (Å²) >= 11 is 6.08. The Balaban J connectivity index is 1.42. The van der Waals surface area contributed by atoms with Crippen molar-refractivity contribution in [3.63, 3.8) is 0 Å². The van der Waals surface area contributed by atoms with Crippen LogP contribution in [0.1, 0.15) is 10.4 Å². The fraction of sp³-hybridized carbons (Fsp3) is 0.258. The van der Waals surface area contributed by atoms with Gasteiger partial charge in [-0.2, -0.15) is 4.31 Å². The van der Waals surface area contributed by atoms with Gasteiger partial charge in [0.05, 0.1) is 4.90 Å². The van der Waals surface area contributed by atoms with Crippen molar-refractivity contribution in [3.8, 4) is 11.1 Å². The molecule has 1 fully saturated rings. The van der Waals surface area contributed by atoms with Gasteiger partial charge in [-0.1, -0.05) is 35.9 Å². The van der Waals surface area contributed by atoms with Crippen molar-refractivity contribution in [3.05, 3.63) is 101 Å². The topological polar surface area (TPSA) is 117 Å². The van der Waals surface area contributed by atoms with Crippen LogP contribution in [0.2, 0.25) is 5.02 Å². The van der Waals surface area contributed by atoms with E-state index in [9.17, 15) is 23.2 Å². The summed E-state index contributed by atoms with van der Waals surface area (Å²) in [6.45, 7) is -0.255. The zero-order valence-electron chi connectivity index (χ0n) is 23.8. The maximum Gasteiger partial charge on any atom is 0.254 e. The highest BCUT2D eigenvalue weighted by Crippen LogP contribution is 2.27. The summed E-state index contributed by atoms with van der Waals surface area (Å²) in [5, 5.41) is 15.2. The molecule has 1 unspecified atom stereocenters. The Morgan fingerprint density at radius 3 is 2.26 bits per heavy atom. The van der Waals surface area contributed by atoms with Crippen LogP contribution in [0.3, 0.4) is 0 Å². The smallest absolute Gasteiger partial charge is 0.254 e. The van der Waals surface area contributed by atoms with Gasteiger partial charge in [0.2, 0.25) is 15.9 Å². The van der Waals surface area contributed by atoms with E-state index in [4.69, 9.17) is 11.6 Å². The van der Waals surface area contributed by atoms with Gasteiger partial charge in [0.1, 0.15) is 6.04 Å². The number of hydrogen-bond donors (Lipinski definition) is 0. The number of aromatic nitrogens is 1. The van der Waals surface area contributed by atoms with E-state index in [2.05, 4.69) is 4.98 Å². The highest BCUT2D eigenvalue weighted by molar-refractivity contribution is 7.89. The monoisotopic (exact) mass is 620 g/mol. The average Bonchev–Trinajstić information content (AvgIpc) is 3.02. The molecule has 12 heteroatoms. The Bertz CT molecular complexity index is 1740. The van der Waals surface area contributed by atoms with E-state index in [-0.39, 0.29) is 31.1 Å². The van der Waals surface area contributed by atoms with Crippen LogP contribution in [-0.2, 0) is 14.8 Å². The summed E-state index contributed by atoms with van der Waals surface area (Å²) in [6.07, 6.45) is 3.35. The molecule has 1 aliphatic rings. The number of rotatable bonds is 8. The van der Waals surface area contributed by atoms with E-state index in [1.54, 1.807) is 86.0 Å². The predicted octanol–water partition coefficient (Wildman–Crippen LogP) is 3.96. The number of benzene rings is 3. The van der Waals surface area contributed by atoms with Gasteiger partial charge >= 0.3 is 0 Å². The summed E-state index contributed by atoms with van der Waals surface area (Å²) < 4.78 is 28.7. The molecule has 2 heterocycles. The van der Waals surface area contributed by atoms with Crippen LogP contribution in [0.5, 0.6) is 0 Å². The van der Waals surface area contributed by atoms with Gasteiger partial charge in [-0.25, -0.2) is 8.42 Å². The molecular formula is C31H31ClN5O5S-. The number of carbonyl (C=O) groups is 2. The van der Waals surface area contributed by atoms with Crippen LogP contribution in [0.4, 0.5) is 0 Å². The number of carbonyl (C=O) groups excluding carboxylic acids is 2. The summed E-state index contributed by atoms with van der Waals surface area (Å²) in [7, 11) is -0.507. The average molecular weight is 621 g/mol. The van der Waals surface area contributed by atoms with E-state index >= 15 is 0 Å². The second-order valence-electron chi connectivity index (χ2n) is 10.6. The van der Waals surface area contributed by atoms with E-state index < -0.39 is 27.9 Å². The first-order valence-corrected chi connectivity index (χ1v) is 15.5. The molecule has 5 rings (SSSR count). The lowest BCUT2D eigenvalue weighted by atomic mass is 10.0. The van der Waals surface area contributed by atoms with E-state index in [1.807, 2.05) is 12.1 Å². The molecular weight excluding hydrogens is 590 g/mol. The van der Waals surface area contributed by atoms with E-state index in [0.717, 1.165) is 16.5 Å². The van der Waals surface area contributed by atoms with Gasteiger partial charge in [0, 0.05) is 55.7 Å². The van der Waals surface area contributed by atoms with Crippen molar-refractivity contribution in [2.45, 2.75) is 10.9 Å². The van der Waals surface area contributed by atoms with Gasteiger partial charge in [0.25, 0.3) is 5.91 Å². The molecule has 0 spiro atoms. The van der Waals surface area contributed by atoms with Gasteiger partial charge in [-0.3, -0.25) is 14.6 Å². The van der Waals surface area contributed by atoms with Crippen LogP contribution >= 0.6 is 11.6 Å². The van der Waals surface area contributed by atoms with Crippen molar-refractivity contribution in [2.24, 2.45) is 0 Å². The zero-order chi connectivity index (χ0) is 30.7. The molecule has 0 radical (unpaired) electrons. The van der Waals surface area contributed by atoms with Gasteiger partial charge in [-0.15, -0.1) is 0 Å². The maximum atomic E-state index is 13.8.